The minimum Gasteiger partial charge on any atom is -0.385 e. The molecule has 1 aromatic carbocycles. The van der Waals surface area contributed by atoms with Crippen molar-refractivity contribution in [2.75, 3.05) is 0 Å². The van der Waals surface area contributed by atoms with Gasteiger partial charge in [0.2, 0.25) is 0 Å². The monoisotopic (exact) mass is 214 g/mol. The first-order chi connectivity index (χ1) is 7.69. The average molecular weight is 214 g/mol. The van der Waals surface area contributed by atoms with Crippen molar-refractivity contribution >= 4 is 10.8 Å². The Kier molecular flexibility index (Phi) is 1.99. The number of hydrogen-bond donors (Lipinski definition) is 2. The van der Waals surface area contributed by atoms with Gasteiger partial charge in [-0.1, -0.05) is 18.2 Å². The Morgan fingerprint density at radius 3 is 2.88 bits per heavy atom. The van der Waals surface area contributed by atoms with Crippen LogP contribution in [0.3, 0.4) is 0 Å². The van der Waals surface area contributed by atoms with Crippen molar-refractivity contribution in [1.82, 2.24) is 4.98 Å². The zero-order chi connectivity index (χ0) is 11.2. The van der Waals surface area contributed by atoms with E-state index in [1.165, 1.54) is 0 Å². The lowest BCUT2D eigenvalue weighted by Gasteiger charge is -2.42. The molecule has 0 aliphatic heterocycles. The van der Waals surface area contributed by atoms with Gasteiger partial charge in [0.05, 0.1) is 5.60 Å². The van der Waals surface area contributed by atoms with E-state index in [-0.39, 0.29) is 6.04 Å². The van der Waals surface area contributed by atoms with Crippen LogP contribution in [0.2, 0.25) is 0 Å². The molecule has 82 valence electrons. The molecule has 1 aliphatic rings. The number of pyridine rings is 1. The van der Waals surface area contributed by atoms with Crippen molar-refractivity contribution in [3.8, 4) is 0 Å². The Hall–Kier alpha value is -1.45. The molecule has 3 heteroatoms. The highest BCUT2D eigenvalue weighted by atomic mass is 16.3. The van der Waals surface area contributed by atoms with Crippen molar-refractivity contribution in [1.29, 1.82) is 0 Å². The van der Waals surface area contributed by atoms with Crippen molar-refractivity contribution in [3.63, 3.8) is 0 Å². The molecule has 16 heavy (non-hydrogen) atoms. The van der Waals surface area contributed by atoms with Gasteiger partial charge in [-0.2, -0.15) is 0 Å². The molecule has 0 spiro atoms. The van der Waals surface area contributed by atoms with E-state index >= 15 is 0 Å². The second-order valence-electron chi connectivity index (χ2n) is 4.60. The Morgan fingerprint density at radius 1 is 1.31 bits per heavy atom. The molecular weight excluding hydrogens is 200 g/mol. The fourth-order valence-electron chi connectivity index (χ4n) is 2.56. The lowest BCUT2D eigenvalue weighted by atomic mass is 9.71. The van der Waals surface area contributed by atoms with Crippen molar-refractivity contribution in [3.05, 3.63) is 42.2 Å². The fourth-order valence-corrected chi connectivity index (χ4v) is 2.56. The van der Waals surface area contributed by atoms with Gasteiger partial charge in [0.15, 0.2) is 0 Å². The highest BCUT2D eigenvalue weighted by Gasteiger charge is 2.42. The summed E-state index contributed by atoms with van der Waals surface area (Å²) in [5.74, 6) is 0. The number of fused-ring (bicyclic) bond motifs is 1. The summed E-state index contributed by atoms with van der Waals surface area (Å²) in [5.41, 5.74) is 6.01. The zero-order valence-electron chi connectivity index (χ0n) is 8.93. The van der Waals surface area contributed by atoms with E-state index in [4.69, 9.17) is 5.73 Å². The van der Waals surface area contributed by atoms with Gasteiger partial charge in [-0.15, -0.1) is 0 Å². The summed E-state index contributed by atoms with van der Waals surface area (Å²) >= 11 is 0. The van der Waals surface area contributed by atoms with E-state index in [1.54, 1.807) is 6.20 Å². The van der Waals surface area contributed by atoms with Gasteiger partial charge >= 0.3 is 0 Å². The van der Waals surface area contributed by atoms with Crippen LogP contribution in [0, 0.1) is 0 Å². The van der Waals surface area contributed by atoms with Crippen LogP contribution in [-0.4, -0.2) is 16.1 Å². The summed E-state index contributed by atoms with van der Waals surface area (Å²) in [5, 5.41) is 12.6. The summed E-state index contributed by atoms with van der Waals surface area (Å²) in [6, 6.07) is 8.03. The zero-order valence-corrected chi connectivity index (χ0v) is 8.93. The van der Waals surface area contributed by atoms with Crippen LogP contribution in [0.25, 0.3) is 10.8 Å². The number of hydrogen-bond acceptors (Lipinski definition) is 3. The van der Waals surface area contributed by atoms with Gasteiger partial charge in [0.1, 0.15) is 0 Å². The normalized spacial score (nSPS) is 29.0. The van der Waals surface area contributed by atoms with E-state index in [2.05, 4.69) is 4.98 Å². The molecule has 3 nitrogen and oxygen atoms in total. The van der Waals surface area contributed by atoms with Gasteiger partial charge in [0.25, 0.3) is 0 Å². The first kappa shape index (κ1) is 9.75. The maximum atomic E-state index is 10.4. The number of rotatable bonds is 1. The van der Waals surface area contributed by atoms with Gasteiger partial charge in [-0.3, -0.25) is 4.98 Å². The van der Waals surface area contributed by atoms with E-state index in [1.807, 2.05) is 30.5 Å². The SMILES string of the molecule is NC1CC(O)(c2cccc3cnccc23)C1. The lowest BCUT2D eigenvalue weighted by molar-refractivity contribution is -0.0509. The molecule has 3 rings (SSSR count). The van der Waals surface area contributed by atoms with Gasteiger partial charge in [-0.05, 0) is 29.9 Å². The molecule has 0 saturated heterocycles. The highest BCUT2D eigenvalue weighted by molar-refractivity contribution is 5.85. The minimum atomic E-state index is -0.736. The number of aromatic nitrogens is 1. The molecule has 0 radical (unpaired) electrons. The number of benzene rings is 1. The van der Waals surface area contributed by atoms with Crippen LogP contribution in [0.5, 0.6) is 0 Å². The Balaban J connectivity index is 2.17. The van der Waals surface area contributed by atoms with Crippen molar-refractivity contribution in [2.24, 2.45) is 5.73 Å². The third kappa shape index (κ3) is 1.32. The van der Waals surface area contributed by atoms with Crippen LogP contribution < -0.4 is 5.73 Å². The largest absolute Gasteiger partial charge is 0.385 e. The van der Waals surface area contributed by atoms with E-state index in [9.17, 15) is 5.11 Å². The third-order valence-electron chi connectivity index (χ3n) is 3.38. The lowest BCUT2D eigenvalue weighted by Crippen LogP contribution is -2.49. The predicted molar refractivity (Wildman–Crippen MR) is 62.8 cm³/mol. The molecule has 0 bridgehead atoms. The standard InChI is InChI=1S/C13H14N2O/c14-10-6-13(16,7-10)12-3-1-2-9-8-15-5-4-11(9)12/h1-5,8,10,16H,6-7,14H2. The first-order valence-electron chi connectivity index (χ1n) is 5.50. The van der Waals surface area contributed by atoms with Crippen molar-refractivity contribution < 1.29 is 5.11 Å². The van der Waals surface area contributed by atoms with Gasteiger partial charge in [0, 0.05) is 23.8 Å². The highest BCUT2D eigenvalue weighted by Crippen LogP contribution is 2.42. The van der Waals surface area contributed by atoms with Gasteiger partial charge < -0.3 is 10.8 Å². The van der Waals surface area contributed by atoms with E-state index in [0.717, 1.165) is 16.3 Å². The van der Waals surface area contributed by atoms with Gasteiger partial charge in [-0.25, -0.2) is 0 Å². The first-order valence-corrected chi connectivity index (χ1v) is 5.50. The van der Waals surface area contributed by atoms with Crippen LogP contribution in [0.4, 0.5) is 0 Å². The minimum absolute atomic E-state index is 0.127. The Labute approximate surface area is 93.9 Å². The fraction of sp³-hybridized carbons (Fsp3) is 0.308. The summed E-state index contributed by atoms with van der Waals surface area (Å²) in [6.07, 6.45) is 4.87. The summed E-state index contributed by atoms with van der Waals surface area (Å²) < 4.78 is 0. The number of aliphatic hydroxyl groups is 1. The molecule has 1 saturated carbocycles. The Bertz CT molecular complexity index is 527. The third-order valence-corrected chi connectivity index (χ3v) is 3.38. The molecule has 1 heterocycles. The molecule has 3 N–H and O–H groups in total. The molecular formula is C13H14N2O. The smallest absolute Gasteiger partial charge is 0.0932 e. The van der Waals surface area contributed by atoms with Crippen LogP contribution in [0.15, 0.2) is 36.7 Å². The average Bonchev–Trinajstić information content (AvgIpc) is 2.26. The molecule has 0 unspecified atom stereocenters. The predicted octanol–water partition coefficient (Wildman–Crippen LogP) is 1.54. The molecule has 0 atom stereocenters. The summed E-state index contributed by atoms with van der Waals surface area (Å²) in [4.78, 5) is 4.09. The van der Waals surface area contributed by atoms with Crippen LogP contribution in [0.1, 0.15) is 18.4 Å². The van der Waals surface area contributed by atoms with Crippen LogP contribution >= 0.6 is 0 Å². The molecule has 2 aromatic rings. The molecule has 1 aliphatic carbocycles. The summed E-state index contributed by atoms with van der Waals surface area (Å²) in [7, 11) is 0. The maximum absolute atomic E-state index is 10.4. The maximum Gasteiger partial charge on any atom is 0.0932 e. The molecule has 1 fully saturated rings. The second-order valence-corrected chi connectivity index (χ2v) is 4.60. The second kappa shape index (κ2) is 3.27. The summed E-state index contributed by atoms with van der Waals surface area (Å²) in [6.45, 7) is 0. The molecule has 1 aromatic heterocycles. The number of nitrogens with two attached hydrogens (primary N) is 1. The van der Waals surface area contributed by atoms with Crippen LogP contribution in [-0.2, 0) is 5.60 Å². The Morgan fingerprint density at radius 2 is 2.12 bits per heavy atom. The van der Waals surface area contributed by atoms with E-state index < -0.39 is 5.60 Å². The van der Waals surface area contributed by atoms with E-state index in [0.29, 0.717) is 12.8 Å². The number of nitrogens with zero attached hydrogens (tertiary/aromatic N) is 1. The molecule has 0 amide bonds. The topological polar surface area (TPSA) is 59.1 Å². The quantitative estimate of drug-likeness (QED) is 0.757. The van der Waals surface area contributed by atoms with Crippen molar-refractivity contribution in [2.45, 2.75) is 24.5 Å².